The molecule has 32 heavy (non-hydrogen) atoms. The fourth-order valence-electron chi connectivity index (χ4n) is 5.12. The molecule has 3 heterocycles. The number of nitrogens with zero attached hydrogens (tertiary/aromatic N) is 2. The molecule has 1 aromatic carbocycles. The molecule has 166 valence electrons. The number of carbonyl (C=O) groups excluding carboxylic acids is 2. The molecule has 2 aliphatic rings. The molecule has 1 N–H and O–H groups in total. The third-order valence-corrected chi connectivity index (χ3v) is 7.13. The molecule has 6 nitrogen and oxygen atoms in total. The number of hydrogen-bond donors (Lipinski definition) is 1. The number of furan rings is 1. The number of nitrogens with one attached hydrogen (secondary N) is 1. The molecule has 1 saturated carbocycles. The Morgan fingerprint density at radius 3 is 2.53 bits per heavy atom. The maximum atomic E-state index is 13.9. The van der Waals surface area contributed by atoms with Gasteiger partial charge < -0.3 is 14.3 Å². The Kier molecular flexibility index (Phi) is 4.96. The number of aryl methyl sites for hydroxylation is 1. The molecular formula is C26H29N3O3. The van der Waals surface area contributed by atoms with Crippen LogP contribution in [0.15, 0.2) is 53.1 Å². The zero-order valence-corrected chi connectivity index (χ0v) is 18.9. The smallest absolute Gasteiger partial charge is 0.275 e. The van der Waals surface area contributed by atoms with Crippen molar-refractivity contribution in [2.45, 2.75) is 64.6 Å². The van der Waals surface area contributed by atoms with E-state index in [0.717, 1.165) is 48.2 Å². The summed E-state index contributed by atoms with van der Waals surface area (Å²) in [4.78, 5) is 29.4. The second kappa shape index (κ2) is 7.69. The van der Waals surface area contributed by atoms with Gasteiger partial charge in [0.25, 0.3) is 5.91 Å². The largest absolute Gasteiger partial charge is 0.463 e. The summed E-state index contributed by atoms with van der Waals surface area (Å²) in [5, 5.41) is 3.25. The molecule has 0 bridgehead atoms. The van der Waals surface area contributed by atoms with Crippen LogP contribution in [0.25, 0.3) is 11.5 Å². The maximum absolute atomic E-state index is 13.9. The Hall–Kier alpha value is -3.28. The lowest BCUT2D eigenvalue weighted by Crippen LogP contribution is -2.65. The highest BCUT2D eigenvalue weighted by Gasteiger charge is 2.49. The summed E-state index contributed by atoms with van der Waals surface area (Å²) in [5.41, 5.74) is 3.16. The van der Waals surface area contributed by atoms with Crippen molar-refractivity contribution in [3.63, 3.8) is 0 Å². The predicted molar refractivity (Wildman–Crippen MR) is 124 cm³/mol. The van der Waals surface area contributed by atoms with Gasteiger partial charge in [-0.1, -0.05) is 25.0 Å². The molecule has 2 aromatic heterocycles. The van der Waals surface area contributed by atoms with Crippen LogP contribution in [0.2, 0.25) is 0 Å². The van der Waals surface area contributed by atoms with E-state index in [1.807, 2.05) is 67.8 Å². The molecule has 1 fully saturated rings. The van der Waals surface area contributed by atoms with Crippen molar-refractivity contribution >= 4 is 17.5 Å². The third kappa shape index (κ3) is 3.17. The van der Waals surface area contributed by atoms with E-state index in [1.54, 1.807) is 11.2 Å². The second-order valence-corrected chi connectivity index (χ2v) is 9.26. The summed E-state index contributed by atoms with van der Waals surface area (Å²) < 4.78 is 7.54. The number of carbonyl (C=O) groups is 2. The number of fused-ring (bicyclic) bond motifs is 1. The number of amides is 2. The maximum Gasteiger partial charge on any atom is 0.275 e. The minimum absolute atomic E-state index is 0.108. The van der Waals surface area contributed by atoms with Crippen LogP contribution in [0.1, 0.15) is 54.2 Å². The fraction of sp³-hybridized carbons (Fsp3) is 0.385. The second-order valence-electron chi connectivity index (χ2n) is 9.26. The topological polar surface area (TPSA) is 67.5 Å². The molecule has 1 aliphatic heterocycles. The minimum Gasteiger partial charge on any atom is -0.463 e. The number of benzene rings is 1. The first kappa shape index (κ1) is 20.6. The highest BCUT2D eigenvalue weighted by atomic mass is 16.3. The molecule has 0 saturated heterocycles. The van der Waals surface area contributed by atoms with Gasteiger partial charge in [0.2, 0.25) is 5.91 Å². The highest BCUT2D eigenvalue weighted by molar-refractivity contribution is 6.12. The van der Waals surface area contributed by atoms with Gasteiger partial charge >= 0.3 is 0 Å². The molecule has 0 radical (unpaired) electrons. The van der Waals surface area contributed by atoms with E-state index in [-0.39, 0.29) is 17.9 Å². The summed E-state index contributed by atoms with van der Waals surface area (Å²) in [6.07, 6.45) is 5.86. The van der Waals surface area contributed by atoms with Crippen LogP contribution in [0.3, 0.4) is 0 Å². The van der Waals surface area contributed by atoms with Gasteiger partial charge in [0, 0.05) is 11.7 Å². The Morgan fingerprint density at radius 1 is 1.06 bits per heavy atom. The number of rotatable bonds is 4. The Bertz CT molecular complexity index is 1170. The first-order valence-corrected chi connectivity index (χ1v) is 11.4. The van der Waals surface area contributed by atoms with Crippen molar-refractivity contribution in [1.29, 1.82) is 0 Å². The molecular weight excluding hydrogens is 402 g/mol. The average molecular weight is 432 g/mol. The monoisotopic (exact) mass is 431 g/mol. The van der Waals surface area contributed by atoms with Crippen molar-refractivity contribution in [1.82, 2.24) is 9.88 Å². The first-order chi connectivity index (χ1) is 15.4. The molecule has 1 aliphatic carbocycles. The van der Waals surface area contributed by atoms with Gasteiger partial charge in [0.1, 0.15) is 17.0 Å². The zero-order chi connectivity index (χ0) is 22.5. The quantitative estimate of drug-likeness (QED) is 0.643. The molecule has 3 aromatic rings. The summed E-state index contributed by atoms with van der Waals surface area (Å²) >= 11 is 0. The van der Waals surface area contributed by atoms with E-state index < -0.39 is 5.54 Å². The molecule has 0 unspecified atom stereocenters. The molecule has 5 rings (SSSR count). The van der Waals surface area contributed by atoms with Crippen LogP contribution in [0.4, 0.5) is 5.69 Å². The van der Waals surface area contributed by atoms with Crippen LogP contribution in [-0.4, -0.2) is 28.0 Å². The lowest BCUT2D eigenvalue weighted by Gasteiger charge is -2.45. The van der Waals surface area contributed by atoms with Crippen LogP contribution in [-0.2, 0) is 11.3 Å². The minimum atomic E-state index is -1.08. The van der Waals surface area contributed by atoms with E-state index in [4.69, 9.17) is 4.42 Å². The van der Waals surface area contributed by atoms with E-state index >= 15 is 0 Å². The molecule has 0 spiro atoms. The van der Waals surface area contributed by atoms with Gasteiger partial charge in [-0.3, -0.25) is 14.5 Å². The Labute approximate surface area is 188 Å². The fourth-order valence-corrected chi connectivity index (χ4v) is 5.12. The molecule has 1 atom stereocenters. The van der Waals surface area contributed by atoms with Crippen molar-refractivity contribution in [3.8, 4) is 11.5 Å². The summed E-state index contributed by atoms with van der Waals surface area (Å²) in [5.74, 6) is 0.401. The van der Waals surface area contributed by atoms with Gasteiger partial charge in [-0.25, -0.2) is 0 Å². The van der Waals surface area contributed by atoms with E-state index in [0.29, 0.717) is 18.0 Å². The summed E-state index contributed by atoms with van der Waals surface area (Å²) in [6, 6.07) is 13.5. The SMILES string of the molecule is Cc1cccc(N2C(=O)c3ccc(-c4ccco4)n3C[C@@]2(C)C(=O)NC2CCCC2)c1C. The first-order valence-electron chi connectivity index (χ1n) is 11.4. The third-order valence-electron chi connectivity index (χ3n) is 7.13. The van der Waals surface area contributed by atoms with Gasteiger partial charge in [0.05, 0.1) is 18.5 Å². The van der Waals surface area contributed by atoms with Crippen LogP contribution in [0.5, 0.6) is 0 Å². The highest BCUT2D eigenvalue weighted by Crippen LogP contribution is 2.38. The van der Waals surface area contributed by atoms with E-state index in [9.17, 15) is 9.59 Å². The number of aromatic nitrogens is 1. The normalized spacial score (nSPS) is 21.1. The van der Waals surface area contributed by atoms with E-state index in [1.165, 1.54) is 0 Å². The van der Waals surface area contributed by atoms with Crippen molar-refractivity contribution in [2.24, 2.45) is 0 Å². The predicted octanol–water partition coefficient (Wildman–Crippen LogP) is 4.84. The summed E-state index contributed by atoms with van der Waals surface area (Å²) in [7, 11) is 0. The lowest BCUT2D eigenvalue weighted by atomic mass is 9.91. The van der Waals surface area contributed by atoms with E-state index in [2.05, 4.69) is 5.32 Å². The Balaban J connectivity index is 1.64. The average Bonchev–Trinajstić information content (AvgIpc) is 3.52. The van der Waals surface area contributed by atoms with Crippen molar-refractivity contribution in [2.75, 3.05) is 4.90 Å². The van der Waals surface area contributed by atoms with Crippen molar-refractivity contribution < 1.29 is 14.0 Å². The van der Waals surface area contributed by atoms with Crippen LogP contribution < -0.4 is 10.2 Å². The van der Waals surface area contributed by atoms with Crippen LogP contribution in [0, 0.1) is 13.8 Å². The molecule has 2 amide bonds. The zero-order valence-electron chi connectivity index (χ0n) is 18.9. The van der Waals surface area contributed by atoms with Gasteiger partial charge in [-0.05, 0) is 75.1 Å². The standard InChI is InChI=1S/C26H29N3O3/c1-17-8-6-11-20(18(17)2)29-24(30)22-14-13-21(23-12-7-15-32-23)28(22)16-26(29,3)25(31)27-19-9-4-5-10-19/h6-8,11-15,19H,4-5,9-10,16H2,1-3H3,(H,27,31)/t26-/m0/s1. The Morgan fingerprint density at radius 2 is 1.81 bits per heavy atom. The van der Waals surface area contributed by atoms with Gasteiger partial charge in [0.15, 0.2) is 0 Å². The summed E-state index contributed by atoms with van der Waals surface area (Å²) in [6.45, 7) is 6.27. The van der Waals surface area contributed by atoms with Gasteiger partial charge in [-0.2, -0.15) is 0 Å². The lowest BCUT2D eigenvalue weighted by molar-refractivity contribution is -0.127. The van der Waals surface area contributed by atoms with Crippen molar-refractivity contribution in [3.05, 3.63) is 65.5 Å². The number of anilines is 1. The molecule has 6 heteroatoms. The van der Waals surface area contributed by atoms with Crippen LogP contribution >= 0.6 is 0 Å². The van der Waals surface area contributed by atoms with Gasteiger partial charge in [-0.15, -0.1) is 0 Å². The number of hydrogen-bond acceptors (Lipinski definition) is 3.